The highest BCUT2D eigenvalue weighted by atomic mass is 16.2. The number of likely N-dealkylation sites (tertiary alicyclic amines) is 1. The lowest BCUT2D eigenvalue weighted by atomic mass is 9.93. The molecule has 2 atom stereocenters. The van der Waals surface area contributed by atoms with Crippen molar-refractivity contribution in [2.75, 3.05) is 6.54 Å². The zero-order valence-corrected chi connectivity index (χ0v) is 11.2. The molecule has 1 aromatic heterocycles. The summed E-state index contributed by atoms with van der Waals surface area (Å²) in [6.45, 7) is 5.71. The van der Waals surface area contributed by atoms with E-state index in [1.54, 1.807) is 6.20 Å². The van der Waals surface area contributed by atoms with Crippen LogP contribution in [0.2, 0.25) is 0 Å². The lowest BCUT2D eigenvalue weighted by Gasteiger charge is -2.39. The van der Waals surface area contributed by atoms with Gasteiger partial charge >= 0.3 is 0 Å². The fourth-order valence-corrected chi connectivity index (χ4v) is 2.72. The molecule has 5 nitrogen and oxygen atoms in total. The van der Waals surface area contributed by atoms with E-state index in [1.165, 1.54) is 0 Å². The van der Waals surface area contributed by atoms with Crippen molar-refractivity contribution in [1.29, 1.82) is 0 Å². The number of carbonyl (C=O) groups is 1. The molecule has 100 valence electrons. The van der Waals surface area contributed by atoms with Crippen molar-refractivity contribution in [2.24, 2.45) is 5.73 Å². The van der Waals surface area contributed by atoms with Crippen LogP contribution in [0.3, 0.4) is 0 Å². The largest absolute Gasteiger partial charge is 0.333 e. The number of aromatic nitrogens is 2. The Labute approximate surface area is 108 Å². The van der Waals surface area contributed by atoms with Gasteiger partial charge in [0.15, 0.2) is 0 Å². The SMILES string of the molecule is CCCN1C(=O)CCC(N)C1c1ccnn1CC. The summed E-state index contributed by atoms with van der Waals surface area (Å²) in [5.74, 6) is 0.215. The van der Waals surface area contributed by atoms with Crippen LogP contribution in [-0.4, -0.2) is 33.2 Å². The molecule has 1 amide bonds. The van der Waals surface area contributed by atoms with Crippen LogP contribution < -0.4 is 5.73 Å². The molecular formula is C13H22N4O. The number of aryl methyl sites for hydroxylation is 1. The van der Waals surface area contributed by atoms with E-state index in [0.29, 0.717) is 6.42 Å². The topological polar surface area (TPSA) is 64.2 Å². The van der Waals surface area contributed by atoms with Crippen LogP contribution in [0.5, 0.6) is 0 Å². The Morgan fingerprint density at radius 1 is 1.50 bits per heavy atom. The Bertz CT molecular complexity index is 415. The monoisotopic (exact) mass is 250 g/mol. The van der Waals surface area contributed by atoms with Crippen molar-refractivity contribution in [3.63, 3.8) is 0 Å². The molecule has 18 heavy (non-hydrogen) atoms. The van der Waals surface area contributed by atoms with Gasteiger partial charge in [0.05, 0.1) is 11.7 Å². The molecule has 2 heterocycles. The molecule has 2 unspecified atom stereocenters. The minimum atomic E-state index is -0.0198. The predicted octanol–water partition coefficient (Wildman–Crippen LogP) is 1.30. The molecule has 0 radical (unpaired) electrons. The Balaban J connectivity index is 2.33. The van der Waals surface area contributed by atoms with Crippen molar-refractivity contribution in [3.8, 4) is 0 Å². The summed E-state index contributed by atoms with van der Waals surface area (Å²) in [7, 11) is 0. The van der Waals surface area contributed by atoms with Crippen molar-refractivity contribution >= 4 is 5.91 Å². The first-order chi connectivity index (χ1) is 8.69. The van der Waals surface area contributed by atoms with E-state index in [0.717, 1.165) is 31.6 Å². The van der Waals surface area contributed by atoms with Crippen molar-refractivity contribution in [2.45, 2.75) is 51.7 Å². The molecular weight excluding hydrogens is 228 g/mol. The summed E-state index contributed by atoms with van der Waals surface area (Å²) >= 11 is 0. The maximum atomic E-state index is 12.1. The van der Waals surface area contributed by atoms with Crippen LogP contribution in [0.4, 0.5) is 0 Å². The van der Waals surface area contributed by atoms with Gasteiger partial charge in [-0.25, -0.2) is 0 Å². The third-order valence-electron chi connectivity index (χ3n) is 3.57. The number of nitrogens with two attached hydrogens (primary N) is 1. The molecule has 0 spiro atoms. The van der Waals surface area contributed by atoms with Crippen LogP contribution in [0, 0.1) is 0 Å². The maximum absolute atomic E-state index is 12.1. The lowest BCUT2D eigenvalue weighted by molar-refractivity contribution is -0.137. The Morgan fingerprint density at radius 3 is 2.94 bits per heavy atom. The van der Waals surface area contributed by atoms with E-state index in [4.69, 9.17) is 5.73 Å². The van der Waals surface area contributed by atoms with Crippen LogP contribution in [0.15, 0.2) is 12.3 Å². The van der Waals surface area contributed by atoms with Gasteiger partial charge in [-0.1, -0.05) is 6.92 Å². The van der Waals surface area contributed by atoms with E-state index < -0.39 is 0 Å². The minimum absolute atomic E-state index is 0.0104. The van der Waals surface area contributed by atoms with Gasteiger partial charge in [-0.05, 0) is 25.8 Å². The molecule has 0 aromatic carbocycles. The fourth-order valence-electron chi connectivity index (χ4n) is 2.72. The van der Waals surface area contributed by atoms with Gasteiger partial charge < -0.3 is 10.6 Å². The predicted molar refractivity (Wildman–Crippen MR) is 69.9 cm³/mol. The van der Waals surface area contributed by atoms with Gasteiger partial charge in [0.2, 0.25) is 5.91 Å². The summed E-state index contributed by atoms with van der Waals surface area (Å²) in [5.41, 5.74) is 7.30. The third kappa shape index (κ3) is 2.27. The van der Waals surface area contributed by atoms with E-state index in [1.807, 2.05) is 15.6 Å². The number of hydrogen-bond acceptors (Lipinski definition) is 3. The lowest BCUT2D eigenvalue weighted by Crippen LogP contribution is -2.49. The molecule has 2 rings (SSSR count). The van der Waals surface area contributed by atoms with Crippen LogP contribution in [-0.2, 0) is 11.3 Å². The number of nitrogens with zero attached hydrogens (tertiary/aromatic N) is 3. The zero-order chi connectivity index (χ0) is 13.1. The molecule has 0 bridgehead atoms. The first kappa shape index (κ1) is 13.1. The van der Waals surface area contributed by atoms with Gasteiger partial charge in [-0.15, -0.1) is 0 Å². The second-order valence-electron chi connectivity index (χ2n) is 4.81. The highest BCUT2D eigenvalue weighted by Crippen LogP contribution is 2.30. The number of piperidine rings is 1. The quantitative estimate of drug-likeness (QED) is 0.876. The summed E-state index contributed by atoms with van der Waals surface area (Å²) in [4.78, 5) is 14.0. The maximum Gasteiger partial charge on any atom is 0.223 e. The number of rotatable bonds is 4. The standard InChI is InChI=1S/C13H22N4O/c1-3-9-16-12(18)6-5-10(14)13(16)11-7-8-15-17(11)4-2/h7-8,10,13H,3-6,9,14H2,1-2H3. The molecule has 1 aromatic rings. The Morgan fingerprint density at radius 2 is 2.28 bits per heavy atom. The normalized spacial score (nSPS) is 24.6. The second-order valence-corrected chi connectivity index (χ2v) is 4.81. The van der Waals surface area contributed by atoms with E-state index >= 15 is 0 Å². The third-order valence-corrected chi connectivity index (χ3v) is 3.57. The van der Waals surface area contributed by atoms with Crippen LogP contribution >= 0.6 is 0 Å². The smallest absolute Gasteiger partial charge is 0.223 e. The molecule has 0 saturated carbocycles. The Kier molecular flexibility index (Phi) is 4.01. The number of hydrogen-bond donors (Lipinski definition) is 1. The van der Waals surface area contributed by atoms with Crippen LogP contribution in [0.1, 0.15) is 44.8 Å². The average molecular weight is 250 g/mol. The number of amides is 1. The van der Waals surface area contributed by atoms with Crippen molar-refractivity contribution in [1.82, 2.24) is 14.7 Å². The molecule has 1 aliphatic rings. The summed E-state index contributed by atoms with van der Waals surface area (Å²) in [6, 6.07) is 1.97. The molecule has 5 heteroatoms. The van der Waals surface area contributed by atoms with E-state index in [9.17, 15) is 4.79 Å². The molecule has 1 saturated heterocycles. The molecule has 0 aliphatic carbocycles. The van der Waals surface area contributed by atoms with E-state index in [-0.39, 0.29) is 18.0 Å². The van der Waals surface area contributed by atoms with Crippen LogP contribution in [0.25, 0.3) is 0 Å². The summed E-state index contributed by atoms with van der Waals surface area (Å²) < 4.78 is 1.94. The van der Waals surface area contributed by atoms with Gasteiger partial charge in [-0.2, -0.15) is 5.10 Å². The zero-order valence-electron chi connectivity index (χ0n) is 11.2. The van der Waals surface area contributed by atoms with E-state index in [2.05, 4.69) is 18.9 Å². The summed E-state index contributed by atoms with van der Waals surface area (Å²) in [6.07, 6.45) is 4.07. The molecule has 2 N–H and O–H groups in total. The second kappa shape index (κ2) is 5.52. The first-order valence-corrected chi connectivity index (χ1v) is 6.75. The summed E-state index contributed by atoms with van der Waals surface area (Å²) in [5, 5.41) is 4.29. The average Bonchev–Trinajstić information content (AvgIpc) is 2.82. The van der Waals surface area contributed by atoms with Gasteiger partial charge in [0.25, 0.3) is 0 Å². The van der Waals surface area contributed by atoms with Crippen molar-refractivity contribution in [3.05, 3.63) is 18.0 Å². The molecule has 1 aliphatic heterocycles. The minimum Gasteiger partial charge on any atom is -0.333 e. The van der Waals surface area contributed by atoms with Gasteiger partial charge in [-0.3, -0.25) is 9.48 Å². The fraction of sp³-hybridized carbons (Fsp3) is 0.692. The highest BCUT2D eigenvalue weighted by molar-refractivity contribution is 5.77. The van der Waals surface area contributed by atoms with Crippen molar-refractivity contribution < 1.29 is 4.79 Å². The Hall–Kier alpha value is -1.36. The number of carbonyl (C=O) groups excluding carboxylic acids is 1. The highest BCUT2D eigenvalue weighted by Gasteiger charge is 2.35. The first-order valence-electron chi connectivity index (χ1n) is 6.75. The molecule has 1 fully saturated rings. The van der Waals surface area contributed by atoms with Gasteiger partial charge in [0.1, 0.15) is 0 Å². The van der Waals surface area contributed by atoms with Gasteiger partial charge in [0, 0.05) is 31.7 Å².